The molecule has 2 atom stereocenters. The first-order chi connectivity index (χ1) is 6.93. The lowest BCUT2D eigenvalue weighted by atomic mass is 10.1. The van der Waals surface area contributed by atoms with E-state index in [4.69, 9.17) is 5.11 Å². The molecule has 0 rings (SSSR count). The second-order valence-electron chi connectivity index (χ2n) is 3.72. The summed E-state index contributed by atoms with van der Waals surface area (Å²) in [5.74, 6) is -1.11. The normalized spacial score (nSPS) is 14.7. The highest BCUT2D eigenvalue weighted by Crippen LogP contribution is 2.06. The summed E-state index contributed by atoms with van der Waals surface area (Å²) in [6.07, 6.45) is 0.534. The molecule has 2 unspecified atom stereocenters. The second-order valence-corrected chi connectivity index (χ2v) is 3.72. The molecule has 0 aliphatic heterocycles. The first kappa shape index (κ1) is 13.9. The maximum absolute atomic E-state index is 11.2. The minimum absolute atomic E-state index is 0.0675. The summed E-state index contributed by atoms with van der Waals surface area (Å²) in [5, 5.41) is 11.5. The van der Waals surface area contributed by atoms with Gasteiger partial charge in [0, 0.05) is 19.5 Å². The predicted octanol–water partition coefficient (Wildman–Crippen LogP) is 0.164. The number of aliphatic carboxylic acids is 1. The number of carboxylic acid groups (broad SMARTS) is 1. The molecular weight excluding hydrogens is 196 g/mol. The average molecular weight is 216 g/mol. The van der Waals surface area contributed by atoms with E-state index in [-0.39, 0.29) is 11.8 Å². The monoisotopic (exact) mass is 216 g/mol. The van der Waals surface area contributed by atoms with Gasteiger partial charge in [0.05, 0.1) is 0 Å². The van der Waals surface area contributed by atoms with Gasteiger partial charge < -0.3 is 10.4 Å². The van der Waals surface area contributed by atoms with Crippen LogP contribution in [-0.2, 0) is 9.59 Å². The van der Waals surface area contributed by atoms with E-state index in [0.717, 1.165) is 0 Å². The lowest BCUT2D eigenvalue weighted by Crippen LogP contribution is -2.43. The summed E-state index contributed by atoms with van der Waals surface area (Å²) in [4.78, 5) is 23.8. The minimum atomic E-state index is -0.843. The Morgan fingerprint density at radius 1 is 1.47 bits per heavy atom. The van der Waals surface area contributed by atoms with Crippen molar-refractivity contribution in [2.45, 2.75) is 26.3 Å². The summed E-state index contributed by atoms with van der Waals surface area (Å²) in [6.45, 7) is 4.05. The lowest BCUT2D eigenvalue weighted by molar-refractivity contribution is -0.143. The van der Waals surface area contributed by atoms with Crippen molar-refractivity contribution in [3.8, 4) is 0 Å². The van der Waals surface area contributed by atoms with E-state index in [0.29, 0.717) is 13.0 Å². The number of rotatable bonds is 6. The number of amides is 1. The molecule has 0 heterocycles. The fourth-order valence-electron chi connectivity index (χ4n) is 1.56. The van der Waals surface area contributed by atoms with Crippen LogP contribution in [0.3, 0.4) is 0 Å². The van der Waals surface area contributed by atoms with Gasteiger partial charge in [-0.05, 0) is 13.5 Å². The SMILES string of the molecule is CCC(C(=O)O)N(C)CC(C)C(=O)NC. The Balaban J connectivity index is 4.27. The maximum atomic E-state index is 11.2. The summed E-state index contributed by atoms with van der Waals surface area (Å²) < 4.78 is 0. The van der Waals surface area contributed by atoms with Gasteiger partial charge in [0.1, 0.15) is 6.04 Å². The number of nitrogens with zero attached hydrogens (tertiary/aromatic N) is 1. The number of likely N-dealkylation sites (N-methyl/N-ethyl adjacent to an activating group) is 1. The van der Waals surface area contributed by atoms with Crippen LogP contribution in [0.5, 0.6) is 0 Å². The summed E-state index contributed by atoms with van der Waals surface area (Å²) in [7, 11) is 3.30. The van der Waals surface area contributed by atoms with Crippen LogP contribution >= 0.6 is 0 Å². The van der Waals surface area contributed by atoms with Gasteiger partial charge in [-0.3, -0.25) is 14.5 Å². The number of hydrogen-bond acceptors (Lipinski definition) is 3. The van der Waals surface area contributed by atoms with Crippen LogP contribution in [0.2, 0.25) is 0 Å². The lowest BCUT2D eigenvalue weighted by Gasteiger charge is -2.25. The molecule has 0 aliphatic rings. The molecule has 0 aromatic carbocycles. The molecule has 0 aromatic rings. The highest BCUT2D eigenvalue weighted by molar-refractivity contribution is 5.78. The molecule has 0 aliphatic carbocycles. The molecule has 15 heavy (non-hydrogen) atoms. The number of hydrogen-bond donors (Lipinski definition) is 2. The highest BCUT2D eigenvalue weighted by atomic mass is 16.4. The van der Waals surface area contributed by atoms with Crippen molar-refractivity contribution in [3.05, 3.63) is 0 Å². The van der Waals surface area contributed by atoms with E-state index in [1.807, 2.05) is 6.92 Å². The Hall–Kier alpha value is -1.10. The van der Waals surface area contributed by atoms with Gasteiger partial charge >= 0.3 is 5.97 Å². The fraction of sp³-hybridized carbons (Fsp3) is 0.800. The van der Waals surface area contributed by atoms with Gasteiger partial charge in [0.25, 0.3) is 0 Å². The topological polar surface area (TPSA) is 69.6 Å². The Labute approximate surface area is 90.5 Å². The van der Waals surface area contributed by atoms with E-state index in [2.05, 4.69) is 5.32 Å². The molecule has 0 aromatic heterocycles. The maximum Gasteiger partial charge on any atom is 0.320 e. The standard InChI is InChI=1S/C10H20N2O3/c1-5-8(10(14)15)12(4)6-7(2)9(13)11-3/h7-8H,5-6H2,1-4H3,(H,11,13)(H,14,15). The molecule has 1 amide bonds. The summed E-state index contributed by atoms with van der Waals surface area (Å²) in [5.41, 5.74) is 0. The van der Waals surface area contributed by atoms with E-state index >= 15 is 0 Å². The average Bonchev–Trinajstić information content (AvgIpc) is 2.16. The third kappa shape index (κ3) is 4.29. The predicted molar refractivity (Wildman–Crippen MR) is 57.6 cm³/mol. The smallest absolute Gasteiger partial charge is 0.320 e. The number of carbonyl (C=O) groups excluding carboxylic acids is 1. The first-order valence-electron chi connectivity index (χ1n) is 5.08. The van der Waals surface area contributed by atoms with Gasteiger partial charge in [-0.2, -0.15) is 0 Å². The Morgan fingerprint density at radius 2 is 2.00 bits per heavy atom. The molecule has 0 saturated heterocycles. The zero-order chi connectivity index (χ0) is 12.0. The van der Waals surface area contributed by atoms with Crippen molar-refractivity contribution in [1.82, 2.24) is 10.2 Å². The molecule has 88 valence electrons. The van der Waals surface area contributed by atoms with E-state index < -0.39 is 12.0 Å². The van der Waals surface area contributed by atoms with Crippen molar-refractivity contribution < 1.29 is 14.7 Å². The number of carbonyl (C=O) groups is 2. The van der Waals surface area contributed by atoms with Crippen LogP contribution in [0.25, 0.3) is 0 Å². The van der Waals surface area contributed by atoms with E-state index in [1.54, 1.807) is 25.9 Å². The van der Waals surface area contributed by atoms with Gasteiger partial charge in [-0.15, -0.1) is 0 Å². The van der Waals surface area contributed by atoms with Gasteiger partial charge in [0.2, 0.25) is 5.91 Å². The van der Waals surface area contributed by atoms with Gasteiger partial charge in [-0.25, -0.2) is 0 Å². The first-order valence-corrected chi connectivity index (χ1v) is 5.08. The Kier molecular flexibility index (Phi) is 5.93. The molecular formula is C10H20N2O3. The van der Waals surface area contributed by atoms with Crippen molar-refractivity contribution in [1.29, 1.82) is 0 Å². The molecule has 0 radical (unpaired) electrons. The highest BCUT2D eigenvalue weighted by Gasteiger charge is 2.23. The molecule has 2 N–H and O–H groups in total. The Bertz CT molecular complexity index is 231. The van der Waals surface area contributed by atoms with Crippen LogP contribution in [0, 0.1) is 5.92 Å². The molecule has 0 saturated carbocycles. The largest absolute Gasteiger partial charge is 0.480 e. The fourth-order valence-corrected chi connectivity index (χ4v) is 1.56. The van der Waals surface area contributed by atoms with Crippen molar-refractivity contribution in [3.63, 3.8) is 0 Å². The third-order valence-corrected chi connectivity index (χ3v) is 2.46. The van der Waals surface area contributed by atoms with E-state index in [9.17, 15) is 9.59 Å². The van der Waals surface area contributed by atoms with Gasteiger partial charge in [-0.1, -0.05) is 13.8 Å². The van der Waals surface area contributed by atoms with Gasteiger partial charge in [0.15, 0.2) is 0 Å². The van der Waals surface area contributed by atoms with Crippen molar-refractivity contribution >= 4 is 11.9 Å². The zero-order valence-electron chi connectivity index (χ0n) is 9.78. The van der Waals surface area contributed by atoms with Crippen LogP contribution in [0.4, 0.5) is 0 Å². The number of nitrogens with one attached hydrogen (secondary N) is 1. The van der Waals surface area contributed by atoms with Crippen LogP contribution in [0.15, 0.2) is 0 Å². The second kappa shape index (κ2) is 6.40. The molecule has 0 bridgehead atoms. The van der Waals surface area contributed by atoms with Crippen LogP contribution in [0.1, 0.15) is 20.3 Å². The molecule has 0 spiro atoms. The summed E-state index contributed by atoms with van der Waals surface area (Å²) in [6, 6.07) is -0.517. The van der Waals surface area contributed by atoms with Crippen LogP contribution < -0.4 is 5.32 Å². The zero-order valence-corrected chi connectivity index (χ0v) is 9.78. The molecule has 5 nitrogen and oxygen atoms in total. The summed E-state index contributed by atoms with van der Waals surface area (Å²) >= 11 is 0. The number of carboxylic acids is 1. The van der Waals surface area contributed by atoms with E-state index in [1.165, 1.54) is 0 Å². The third-order valence-electron chi connectivity index (χ3n) is 2.46. The molecule has 5 heteroatoms. The molecule has 0 fully saturated rings. The Morgan fingerprint density at radius 3 is 2.33 bits per heavy atom. The quantitative estimate of drug-likeness (QED) is 0.663. The van der Waals surface area contributed by atoms with Crippen molar-refractivity contribution in [2.75, 3.05) is 20.6 Å². The van der Waals surface area contributed by atoms with Crippen LogP contribution in [-0.4, -0.2) is 48.6 Å². The minimum Gasteiger partial charge on any atom is -0.480 e. The van der Waals surface area contributed by atoms with Crippen molar-refractivity contribution in [2.24, 2.45) is 5.92 Å².